The number of rotatable bonds is 5. The number of ketones is 1. The molecule has 0 aromatic rings. The number of hydrogen-bond acceptors (Lipinski definition) is 2. The van der Waals surface area contributed by atoms with Crippen LogP contribution in [0, 0.1) is 5.92 Å². The summed E-state index contributed by atoms with van der Waals surface area (Å²) in [4.78, 5) is 11.3. The van der Waals surface area contributed by atoms with Crippen molar-refractivity contribution in [2.75, 3.05) is 27.7 Å². The summed E-state index contributed by atoms with van der Waals surface area (Å²) in [5, 5.41) is 9.57. The second-order valence-corrected chi connectivity index (χ2v) is 4.95. The van der Waals surface area contributed by atoms with Crippen LogP contribution in [0.2, 0.25) is 0 Å². The first kappa shape index (κ1) is 12.6. The summed E-state index contributed by atoms with van der Waals surface area (Å²) < 4.78 is 0.687. The minimum atomic E-state index is -0.505. The molecule has 0 aromatic carbocycles. The number of hydrogen-bond donors (Lipinski definition) is 1. The van der Waals surface area contributed by atoms with Gasteiger partial charge in [0.25, 0.3) is 0 Å². The Hall–Kier alpha value is -0.410. The molecule has 0 heterocycles. The molecule has 0 radical (unpaired) electrons. The molecule has 0 amide bonds. The van der Waals surface area contributed by atoms with E-state index in [-0.39, 0.29) is 18.1 Å². The lowest BCUT2D eigenvalue weighted by molar-refractivity contribution is -0.873. The van der Waals surface area contributed by atoms with Crippen LogP contribution in [0.5, 0.6) is 0 Å². The highest BCUT2D eigenvalue weighted by molar-refractivity contribution is 5.80. The highest BCUT2D eigenvalue weighted by atomic mass is 16.3. The van der Waals surface area contributed by atoms with Crippen LogP contribution >= 0.6 is 0 Å². The zero-order valence-corrected chi connectivity index (χ0v) is 9.37. The van der Waals surface area contributed by atoms with Crippen LogP contribution < -0.4 is 0 Å². The smallest absolute Gasteiger partial charge is 0.138 e. The van der Waals surface area contributed by atoms with Crippen LogP contribution in [0.15, 0.2) is 0 Å². The summed E-state index contributed by atoms with van der Waals surface area (Å²) in [7, 11) is 6.01. The van der Waals surface area contributed by atoms with E-state index in [0.717, 1.165) is 0 Å². The van der Waals surface area contributed by atoms with Crippen LogP contribution in [0.4, 0.5) is 0 Å². The molecular weight excluding hydrogens is 166 g/mol. The average molecular weight is 188 g/mol. The van der Waals surface area contributed by atoms with Crippen LogP contribution in [-0.4, -0.2) is 49.2 Å². The number of likely N-dealkylation sites (N-methyl/N-ethyl adjacent to an activating group) is 1. The third-order valence-corrected chi connectivity index (χ3v) is 1.84. The monoisotopic (exact) mass is 188 g/mol. The van der Waals surface area contributed by atoms with Gasteiger partial charge >= 0.3 is 0 Å². The summed E-state index contributed by atoms with van der Waals surface area (Å²) in [6, 6.07) is 0. The number of aliphatic hydroxyl groups excluding tert-OH is 1. The topological polar surface area (TPSA) is 37.3 Å². The largest absolute Gasteiger partial charge is 0.387 e. The zero-order chi connectivity index (χ0) is 10.6. The van der Waals surface area contributed by atoms with Crippen LogP contribution in [0.25, 0.3) is 0 Å². The normalized spacial score (nSPS) is 14.7. The minimum absolute atomic E-state index is 0.0297. The third kappa shape index (κ3) is 6.72. The van der Waals surface area contributed by atoms with Crippen LogP contribution in [-0.2, 0) is 4.79 Å². The predicted molar refractivity (Wildman–Crippen MR) is 53.4 cm³/mol. The van der Waals surface area contributed by atoms with Gasteiger partial charge in [0.15, 0.2) is 0 Å². The molecule has 0 saturated carbocycles. The van der Waals surface area contributed by atoms with Gasteiger partial charge in [0, 0.05) is 12.3 Å². The number of nitrogens with zero attached hydrogens (tertiary/aromatic N) is 1. The first-order valence-corrected chi connectivity index (χ1v) is 4.73. The first-order chi connectivity index (χ1) is 5.72. The molecule has 78 valence electrons. The van der Waals surface area contributed by atoms with Crippen molar-refractivity contribution >= 4 is 5.78 Å². The van der Waals surface area contributed by atoms with Gasteiger partial charge in [-0.1, -0.05) is 13.8 Å². The Morgan fingerprint density at radius 2 is 1.77 bits per heavy atom. The standard InChI is InChI=1S/C10H22NO2/c1-8(2)10(13)6-9(12)7-11(3,4)5/h8-9,12H,6-7H2,1-5H3/q+1/t9-/m1/s1. The zero-order valence-electron chi connectivity index (χ0n) is 9.37. The lowest BCUT2D eigenvalue weighted by Gasteiger charge is -2.26. The highest BCUT2D eigenvalue weighted by Crippen LogP contribution is 2.05. The van der Waals surface area contributed by atoms with Gasteiger partial charge < -0.3 is 9.59 Å². The van der Waals surface area contributed by atoms with Gasteiger partial charge in [0.05, 0.1) is 21.1 Å². The maximum Gasteiger partial charge on any atom is 0.138 e. The fourth-order valence-electron chi connectivity index (χ4n) is 1.16. The van der Waals surface area contributed by atoms with Crippen molar-refractivity contribution in [3.05, 3.63) is 0 Å². The number of carbonyl (C=O) groups is 1. The predicted octanol–water partition coefficient (Wildman–Crippen LogP) is 0.669. The molecule has 0 spiro atoms. The first-order valence-electron chi connectivity index (χ1n) is 4.73. The molecule has 0 saturated heterocycles. The second kappa shape index (κ2) is 4.72. The summed E-state index contributed by atoms with van der Waals surface area (Å²) in [5.74, 6) is 0.170. The Labute approximate surface area is 80.9 Å². The molecule has 0 unspecified atom stereocenters. The van der Waals surface area contributed by atoms with Crippen LogP contribution in [0.1, 0.15) is 20.3 Å². The Bertz CT molecular complexity index is 170. The number of aliphatic hydroxyl groups is 1. The van der Waals surface area contributed by atoms with Crippen molar-refractivity contribution in [1.29, 1.82) is 0 Å². The highest BCUT2D eigenvalue weighted by Gasteiger charge is 2.19. The Morgan fingerprint density at radius 1 is 1.31 bits per heavy atom. The Morgan fingerprint density at radius 3 is 2.08 bits per heavy atom. The lowest BCUT2D eigenvalue weighted by atomic mass is 10.0. The molecule has 0 aliphatic rings. The molecule has 0 aliphatic carbocycles. The van der Waals surface area contributed by atoms with Crippen molar-refractivity contribution in [3.8, 4) is 0 Å². The maximum absolute atomic E-state index is 11.3. The molecule has 13 heavy (non-hydrogen) atoms. The summed E-state index contributed by atoms with van der Waals surface area (Å²) in [5.41, 5.74) is 0. The van der Waals surface area contributed by atoms with Gasteiger partial charge in [0.2, 0.25) is 0 Å². The van der Waals surface area contributed by atoms with Gasteiger partial charge in [-0.3, -0.25) is 4.79 Å². The molecule has 0 aromatic heterocycles. The van der Waals surface area contributed by atoms with E-state index in [1.54, 1.807) is 0 Å². The number of quaternary nitrogens is 1. The molecule has 1 atom stereocenters. The molecule has 3 heteroatoms. The van der Waals surface area contributed by atoms with E-state index in [9.17, 15) is 9.90 Å². The maximum atomic E-state index is 11.3. The van der Waals surface area contributed by atoms with Gasteiger partial charge in [-0.05, 0) is 0 Å². The fourth-order valence-corrected chi connectivity index (χ4v) is 1.16. The van der Waals surface area contributed by atoms with E-state index in [4.69, 9.17) is 0 Å². The van der Waals surface area contributed by atoms with E-state index in [0.29, 0.717) is 11.0 Å². The molecule has 0 aliphatic heterocycles. The molecule has 3 nitrogen and oxygen atoms in total. The number of carbonyl (C=O) groups excluding carboxylic acids is 1. The quantitative estimate of drug-likeness (QED) is 0.644. The molecule has 0 bridgehead atoms. The molecular formula is C10H22NO2+. The van der Waals surface area contributed by atoms with Crippen molar-refractivity contribution in [2.24, 2.45) is 5.92 Å². The minimum Gasteiger partial charge on any atom is -0.387 e. The molecule has 1 N–H and O–H groups in total. The van der Waals surface area contributed by atoms with Crippen molar-refractivity contribution in [2.45, 2.75) is 26.4 Å². The van der Waals surface area contributed by atoms with E-state index in [1.807, 2.05) is 35.0 Å². The van der Waals surface area contributed by atoms with Gasteiger partial charge in [-0.25, -0.2) is 0 Å². The molecule has 0 rings (SSSR count). The van der Waals surface area contributed by atoms with Crippen molar-refractivity contribution in [1.82, 2.24) is 0 Å². The third-order valence-electron chi connectivity index (χ3n) is 1.84. The Balaban J connectivity index is 3.88. The van der Waals surface area contributed by atoms with Gasteiger partial charge in [-0.15, -0.1) is 0 Å². The Kier molecular flexibility index (Phi) is 4.57. The fraction of sp³-hybridized carbons (Fsp3) is 0.900. The van der Waals surface area contributed by atoms with Crippen molar-refractivity contribution in [3.63, 3.8) is 0 Å². The van der Waals surface area contributed by atoms with E-state index < -0.39 is 6.10 Å². The van der Waals surface area contributed by atoms with E-state index >= 15 is 0 Å². The summed E-state index contributed by atoms with van der Waals surface area (Å²) >= 11 is 0. The van der Waals surface area contributed by atoms with E-state index in [1.165, 1.54) is 0 Å². The van der Waals surface area contributed by atoms with Gasteiger partial charge in [0.1, 0.15) is 18.4 Å². The average Bonchev–Trinajstić information content (AvgIpc) is 1.81. The number of Topliss-reactive ketones (excluding diaryl/α,β-unsaturated/α-hetero) is 1. The lowest BCUT2D eigenvalue weighted by Crippen LogP contribution is -2.42. The molecule has 0 fully saturated rings. The summed E-state index contributed by atoms with van der Waals surface area (Å²) in [6.45, 7) is 4.35. The summed E-state index contributed by atoms with van der Waals surface area (Å²) in [6.07, 6.45) is -0.220. The SMILES string of the molecule is CC(C)C(=O)C[C@@H](O)C[N+](C)(C)C. The second-order valence-electron chi connectivity index (χ2n) is 4.95. The van der Waals surface area contributed by atoms with E-state index in [2.05, 4.69) is 0 Å². The van der Waals surface area contributed by atoms with Crippen LogP contribution in [0.3, 0.4) is 0 Å². The van der Waals surface area contributed by atoms with Crippen molar-refractivity contribution < 1.29 is 14.4 Å². The van der Waals surface area contributed by atoms with Gasteiger partial charge in [-0.2, -0.15) is 0 Å².